The summed E-state index contributed by atoms with van der Waals surface area (Å²) < 4.78 is 10.8. The number of rotatable bonds is 0. The van der Waals surface area contributed by atoms with Crippen molar-refractivity contribution in [3.05, 3.63) is 0 Å². The number of ether oxygens (including phenoxy) is 2. The van der Waals surface area contributed by atoms with Crippen LogP contribution in [-0.2, 0) is 28.7 Å². The number of carbonyl (C=O) groups excluding carboxylic acids is 6. The Balaban J connectivity index is 0.000000282. The second-order valence-corrected chi connectivity index (χ2v) is 20.3. The molecule has 0 aromatic carbocycles. The van der Waals surface area contributed by atoms with E-state index in [0.29, 0.717) is 50.6 Å². The number of piperidine rings is 4. The van der Waals surface area contributed by atoms with Gasteiger partial charge in [0.2, 0.25) is 11.8 Å². The van der Waals surface area contributed by atoms with Crippen molar-refractivity contribution in [2.24, 2.45) is 21.7 Å². The molecule has 6 saturated heterocycles. The van der Waals surface area contributed by atoms with Gasteiger partial charge in [0.15, 0.2) is 0 Å². The normalized spacial score (nSPS) is 30.6. The molecule has 0 aromatic heterocycles. The van der Waals surface area contributed by atoms with Gasteiger partial charge in [-0.1, -0.05) is 22.3 Å². The fourth-order valence-electron chi connectivity index (χ4n) is 10.3. The first-order valence-electron chi connectivity index (χ1n) is 22.3. The van der Waals surface area contributed by atoms with Gasteiger partial charge in [0.25, 0.3) is 0 Å². The molecule has 0 bridgehead atoms. The van der Waals surface area contributed by atoms with Crippen molar-refractivity contribution in [1.82, 2.24) is 31.1 Å². The van der Waals surface area contributed by atoms with Crippen molar-refractivity contribution in [1.29, 1.82) is 0 Å². The number of amides is 4. The predicted octanol–water partition coefficient (Wildman–Crippen LogP) is 7.17. The summed E-state index contributed by atoms with van der Waals surface area (Å²) in [6, 6.07) is 0. The lowest BCUT2D eigenvalue weighted by molar-refractivity contribution is -0.129. The van der Waals surface area contributed by atoms with Crippen molar-refractivity contribution in [3.63, 3.8) is 0 Å². The lowest BCUT2D eigenvalue weighted by Crippen LogP contribution is -2.49. The molecule has 4 atom stereocenters. The van der Waals surface area contributed by atoms with Gasteiger partial charge in [0.1, 0.15) is 22.8 Å². The number of ketones is 2. The minimum absolute atomic E-state index is 0. The number of hydrogen-bond donors (Lipinski definition) is 4. The molecule has 8 aliphatic rings. The molecule has 8 fully saturated rings. The number of carbonyl (C=O) groups is 6. The molecule has 2 saturated carbocycles. The maximum absolute atomic E-state index is 12.1. The Bertz CT molecular complexity index is 1380. The molecule has 2 aliphatic carbocycles. The molecule has 6 heterocycles. The summed E-state index contributed by atoms with van der Waals surface area (Å²) in [5.74, 6) is 1.22. The van der Waals surface area contributed by atoms with Crippen molar-refractivity contribution >= 4 is 35.6 Å². The second-order valence-electron chi connectivity index (χ2n) is 20.3. The van der Waals surface area contributed by atoms with E-state index in [-0.39, 0.29) is 67.9 Å². The van der Waals surface area contributed by atoms with Crippen LogP contribution in [0.4, 0.5) is 9.59 Å². The Kier molecular flexibility index (Phi) is 19.8. The van der Waals surface area contributed by atoms with Gasteiger partial charge in [-0.15, -0.1) is 0 Å². The molecule has 8 rings (SSSR count). The molecular formula is C47H86N6O8. The van der Waals surface area contributed by atoms with Crippen LogP contribution >= 0.6 is 0 Å². The zero-order chi connectivity index (χ0) is 42.2. The van der Waals surface area contributed by atoms with Gasteiger partial charge in [-0.25, -0.2) is 9.59 Å². The van der Waals surface area contributed by atoms with E-state index in [1.54, 1.807) is 9.80 Å². The molecule has 6 aliphatic heterocycles. The SMILES string of the molecule is C.C.C.CC(C)(C)OC(=O)N1CCCC2(CCCC2=O)C1.CC(C)(C)OC(=O)N1CCCC2(CCCC2=O)C1.O=C1NCCC12CCCNC2.O=C1NCCC12CCCNC2. The van der Waals surface area contributed by atoms with Crippen LogP contribution in [0.25, 0.3) is 0 Å². The molecule has 14 nitrogen and oxygen atoms in total. The summed E-state index contributed by atoms with van der Waals surface area (Å²) in [4.78, 5) is 74.4. The van der Waals surface area contributed by atoms with Crippen molar-refractivity contribution in [2.45, 2.75) is 178 Å². The van der Waals surface area contributed by atoms with E-state index in [1.807, 2.05) is 41.5 Å². The minimum atomic E-state index is -0.471. The van der Waals surface area contributed by atoms with Gasteiger partial charge in [0.05, 0.1) is 10.8 Å². The molecular weight excluding hydrogens is 777 g/mol. The van der Waals surface area contributed by atoms with Crippen LogP contribution in [0.2, 0.25) is 0 Å². The van der Waals surface area contributed by atoms with E-state index >= 15 is 0 Å². The van der Waals surface area contributed by atoms with Crippen LogP contribution in [0.3, 0.4) is 0 Å². The average molecular weight is 863 g/mol. The zero-order valence-corrected chi connectivity index (χ0v) is 36.5. The zero-order valence-electron chi connectivity index (χ0n) is 36.5. The van der Waals surface area contributed by atoms with E-state index < -0.39 is 11.2 Å². The first-order valence-corrected chi connectivity index (χ1v) is 22.3. The average Bonchev–Trinajstić information content (AvgIpc) is 3.91. The Morgan fingerprint density at radius 1 is 0.492 bits per heavy atom. The first kappa shape index (κ1) is 53.9. The Morgan fingerprint density at radius 2 is 0.836 bits per heavy atom. The van der Waals surface area contributed by atoms with Crippen molar-refractivity contribution in [2.75, 3.05) is 65.4 Å². The van der Waals surface area contributed by atoms with Crippen LogP contribution < -0.4 is 21.3 Å². The maximum Gasteiger partial charge on any atom is 0.410 e. The molecule has 4 unspecified atom stereocenters. The number of nitrogens with zero attached hydrogens (tertiary/aromatic N) is 2. The van der Waals surface area contributed by atoms with Gasteiger partial charge < -0.3 is 40.5 Å². The monoisotopic (exact) mass is 863 g/mol. The fourth-order valence-corrected chi connectivity index (χ4v) is 10.3. The van der Waals surface area contributed by atoms with E-state index in [0.717, 1.165) is 129 Å². The standard InChI is InChI=1S/2C14H23NO3.2C8H14N2O.3CH4/c2*1-13(2,3)18-12(17)15-9-5-8-14(10-15)7-4-6-11(14)16;2*11-7-8(3-5-10-7)2-1-4-9-6-8;;;/h2*4-10H2,1-3H3;2*9H,1-6H2,(H,10,11);3*1H4. The van der Waals surface area contributed by atoms with Gasteiger partial charge >= 0.3 is 12.2 Å². The second kappa shape index (κ2) is 22.4. The summed E-state index contributed by atoms with van der Waals surface area (Å²) in [6.45, 7) is 19.4. The highest BCUT2D eigenvalue weighted by Crippen LogP contribution is 2.43. The molecule has 61 heavy (non-hydrogen) atoms. The highest BCUT2D eigenvalue weighted by atomic mass is 16.6. The van der Waals surface area contributed by atoms with E-state index in [2.05, 4.69) is 21.3 Å². The summed E-state index contributed by atoms with van der Waals surface area (Å²) in [7, 11) is 0. The Morgan fingerprint density at radius 3 is 1.10 bits per heavy atom. The van der Waals surface area contributed by atoms with Gasteiger partial charge in [0, 0.05) is 76.0 Å². The topological polar surface area (TPSA) is 175 Å². The molecule has 4 amide bonds. The van der Waals surface area contributed by atoms with Crippen molar-refractivity contribution in [3.8, 4) is 0 Å². The third-order valence-corrected chi connectivity index (χ3v) is 13.4. The Hall–Kier alpha value is -3.26. The largest absolute Gasteiger partial charge is 0.444 e. The smallest absolute Gasteiger partial charge is 0.410 e. The van der Waals surface area contributed by atoms with Gasteiger partial charge in [-0.3, -0.25) is 19.2 Å². The van der Waals surface area contributed by atoms with Crippen LogP contribution in [0.5, 0.6) is 0 Å². The molecule has 352 valence electrons. The summed E-state index contributed by atoms with van der Waals surface area (Å²) in [5, 5.41) is 12.4. The predicted molar refractivity (Wildman–Crippen MR) is 241 cm³/mol. The van der Waals surface area contributed by atoms with E-state index in [1.165, 1.54) is 0 Å². The third kappa shape index (κ3) is 13.9. The molecule has 0 radical (unpaired) electrons. The summed E-state index contributed by atoms with van der Waals surface area (Å²) in [5.41, 5.74) is -1.51. The minimum Gasteiger partial charge on any atom is -0.444 e. The Labute approximate surface area is 368 Å². The van der Waals surface area contributed by atoms with Crippen molar-refractivity contribution < 1.29 is 38.2 Å². The highest BCUT2D eigenvalue weighted by molar-refractivity contribution is 5.88. The number of likely N-dealkylation sites (tertiary alicyclic amines) is 2. The maximum atomic E-state index is 12.1. The van der Waals surface area contributed by atoms with Crippen LogP contribution in [0, 0.1) is 21.7 Å². The van der Waals surface area contributed by atoms with Gasteiger partial charge in [-0.2, -0.15) is 0 Å². The summed E-state index contributed by atoms with van der Waals surface area (Å²) in [6.07, 6.45) is 14.8. The van der Waals surface area contributed by atoms with E-state index in [9.17, 15) is 28.8 Å². The van der Waals surface area contributed by atoms with Gasteiger partial charge in [-0.05, 0) is 145 Å². The molecule has 4 N–H and O–H groups in total. The number of Topliss-reactive ketones (excluding diaryl/α,β-unsaturated/α-hetero) is 2. The van der Waals surface area contributed by atoms with E-state index in [4.69, 9.17) is 9.47 Å². The van der Waals surface area contributed by atoms with Crippen LogP contribution in [-0.4, -0.2) is 122 Å². The quantitative estimate of drug-likeness (QED) is 0.195. The molecule has 4 spiro atoms. The molecule has 0 aromatic rings. The lowest BCUT2D eigenvalue weighted by Gasteiger charge is -2.39. The third-order valence-electron chi connectivity index (χ3n) is 13.4. The van der Waals surface area contributed by atoms with Crippen LogP contribution in [0.15, 0.2) is 0 Å². The summed E-state index contributed by atoms with van der Waals surface area (Å²) >= 11 is 0. The highest BCUT2D eigenvalue weighted by Gasteiger charge is 2.48. The number of hydrogen-bond acceptors (Lipinski definition) is 10. The number of nitrogens with one attached hydrogen (secondary N) is 4. The lowest BCUT2D eigenvalue weighted by atomic mass is 9.78. The molecule has 14 heteroatoms. The first-order chi connectivity index (χ1) is 27.3. The van der Waals surface area contributed by atoms with Crippen LogP contribution in [0.1, 0.15) is 167 Å². The fraction of sp³-hybridized carbons (Fsp3) is 0.872.